The van der Waals surface area contributed by atoms with Crippen LogP contribution in [0.4, 0.5) is 0 Å². The highest BCUT2D eigenvalue weighted by Crippen LogP contribution is 2.52. The van der Waals surface area contributed by atoms with Crippen molar-refractivity contribution in [1.82, 2.24) is 5.43 Å². The van der Waals surface area contributed by atoms with Crippen LogP contribution in [-0.2, 0) is 22.3 Å². The van der Waals surface area contributed by atoms with Crippen molar-refractivity contribution in [2.75, 3.05) is 7.11 Å². The van der Waals surface area contributed by atoms with Gasteiger partial charge < -0.3 is 40.4 Å². The van der Waals surface area contributed by atoms with Gasteiger partial charge in [-0.3, -0.25) is 14.4 Å². The number of amides is 1. The Morgan fingerprint density at radius 1 is 1.08 bits per heavy atom. The van der Waals surface area contributed by atoms with Gasteiger partial charge in [0.25, 0.3) is 5.91 Å². The van der Waals surface area contributed by atoms with Crippen LogP contribution in [0.1, 0.15) is 98.6 Å². The molecule has 1 heterocycles. The van der Waals surface area contributed by atoms with Gasteiger partial charge in [0.05, 0.1) is 47.8 Å². The number of hydrogen-bond acceptors (Lipinski definition) is 12. The molecule has 0 radical (unpaired) electrons. The largest absolute Gasteiger partial charge is 0.507 e. The monoisotopic (exact) mass is 673 g/mol. The lowest BCUT2D eigenvalue weighted by Crippen LogP contribution is -2.52. The summed E-state index contributed by atoms with van der Waals surface area (Å²) in [5.41, 5.74) is 7.17. The number of carbonyl (C=O) groups is 3. The minimum absolute atomic E-state index is 0.0186. The van der Waals surface area contributed by atoms with E-state index >= 15 is 0 Å². The highest BCUT2D eigenvalue weighted by atomic mass is 16.7. The van der Waals surface area contributed by atoms with E-state index in [-0.39, 0.29) is 53.0 Å². The predicted molar refractivity (Wildman–Crippen MR) is 176 cm³/mol. The number of ketones is 2. The van der Waals surface area contributed by atoms with Gasteiger partial charge in [0.2, 0.25) is 5.78 Å². The number of phenolic OH excluding ortho intramolecular Hbond substituents is 2. The molecule has 13 heteroatoms. The number of nitrogens with zero attached hydrogens (tertiary/aromatic N) is 1. The van der Waals surface area contributed by atoms with Crippen molar-refractivity contribution in [3.8, 4) is 17.2 Å². The van der Waals surface area contributed by atoms with Gasteiger partial charge in [0.15, 0.2) is 12.1 Å². The molecule has 7 N–H and O–H groups in total. The van der Waals surface area contributed by atoms with Crippen LogP contribution in [0.25, 0.3) is 0 Å². The third-order valence-electron chi connectivity index (χ3n) is 9.77. The molecule has 0 aromatic heterocycles. The summed E-state index contributed by atoms with van der Waals surface area (Å²) < 4.78 is 17.5. The van der Waals surface area contributed by atoms with Gasteiger partial charge in [0, 0.05) is 47.6 Å². The maximum absolute atomic E-state index is 13.9. The summed E-state index contributed by atoms with van der Waals surface area (Å²) in [4.78, 5) is 40.7. The molecular weight excluding hydrogens is 634 g/mol. The minimum Gasteiger partial charge on any atom is -0.507 e. The number of aromatic hydroxyl groups is 2. The van der Waals surface area contributed by atoms with E-state index in [1.165, 1.54) is 32.2 Å². The molecular formula is C36H39N3O10. The second kappa shape index (κ2) is 13.0. The third kappa shape index (κ3) is 5.87. The Morgan fingerprint density at radius 3 is 2.43 bits per heavy atom. The number of aliphatic hydroxyl groups excluding tert-OH is 1. The summed E-state index contributed by atoms with van der Waals surface area (Å²) in [6, 6.07) is 10.7. The number of nitrogens with one attached hydrogen (secondary N) is 1. The van der Waals surface area contributed by atoms with Crippen molar-refractivity contribution >= 4 is 23.2 Å². The van der Waals surface area contributed by atoms with E-state index in [9.17, 15) is 34.8 Å². The first kappa shape index (κ1) is 34.2. The summed E-state index contributed by atoms with van der Waals surface area (Å²) in [6.07, 6.45) is -3.71. The van der Waals surface area contributed by atoms with Crippen LogP contribution < -0.4 is 15.9 Å². The maximum atomic E-state index is 13.9. The highest BCUT2D eigenvalue weighted by Gasteiger charge is 2.49. The Balaban J connectivity index is 1.43. The van der Waals surface area contributed by atoms with E-state index in [2.05, 4.69) is 10.5 Å². The molecule has 6 rings (SSSR count). The van der Waals surface area contributed by atoms with Gasteiger partial charge in [-0.1, -0.05) is 31.2 Å². The molecule has 0 unspecified atom stereocenters. The fourth-order valence-corrected chi connectivity index (χ4v) is 6.86. The fourth-order valence-electron chi connectivity index (χ4n) is 6.86. The number of rotatable bonds is 7. The lowest BCUT2D eigenvalue weighted by Gasteiger charge is -2.42. The van der Waals surface area contributed by atoms with Crippen molar-refractivity contribution in [2.45, 2.75) is 82.7 Å². The highest BCUT2D eigenvalue weighted by molar-refractivity contribution is 6.31. The fraction of sp³-hybridized carbons (Fsp3) is 0.389. The number of hydrazone groups is 1. The molecule has 258 valence electrons. The SMILES string of the molecule is CCc1ccc(C(=O)N/N=C(\C)[C@]2(O)Cc3c(O)c4c(c(O)c3[C@H](O[C@H]3C[C@H](N)[C@H](O)[C@H](C)O3)C2)C(=O)c2c(OC)cccc2C4=O)cc1. The molecule has 0 spiro atoms. The Labute approximate surface area is 282 Å². The summed E-state index contributed by atoms with van der Waals surface area (Å²) >= 11 is 0. The van der Waals surface area contributed by atoms with Crippen molar-refractivity contribution in [1.29, 1.82) is 0 Å². The number of ether oxygens (including phenoxy) is 3. The number of aryl methyl sites for hydroxylation is 1. The number of carbonyl (C=O) groups excluding carboxylic acids is 3. The first-order valence-corrected chi connectivity index (χ1v) is 16.1. The summed E-state index contributed by atoms with van der Waals surface area (Å²) in [6.45, 7) is 5.11. The van der Waals surface area contributed by atoms with Gasteiger partial charge >= 0.3 is 0 Å². The van der Waals surface area contributed by atoms with Gasteiger partial charge in [-0.25, -0.2) is 5.43 Å². The normalized spacial score (nSPS) is 26.4. The molecule has 1 aliphatic heterocycles. The molecule has 2 aliphatic carbocycles. The number of aliphatic hydroxyl groups is 2. The molecule has 49 heavy (non-hydrogen) atoms. The molecule has 3 aliphatic rings. The van der Waals surface area contributed by atoms with E-state index in [4.69, 9.17) is 19.9 Å². The molecule has 0 saturated carbocycles. The molecule has 3 aromatic rings. The van der Waals surface area contributed by atoms with E-state index < -0.39 is 76.3 Å². The topological polar surface area (TPSA) is 210 Å². The molecule has 13 nitrogen and oxygen atoms in total. The molecule has 3 aromatic carbocycles. The predicted octanol–water partition coefficient (Wildman–Crippen LogP) is 2.81. The molecule has 6 atom stereocenters. The first-order chi connectivity index (χ1) is 23.3. The number of benzene rings is 3. The quantitative estimate of drug-likeness (QED) is 0.0954. The molecule has 1 fully saturated rings. The van der Waals surface area contributed by atoms with Gasteiger partial charge in [0.1, 0.15) is 22.8 Å². The summed E-state index contributed by atoms with van der Waals surface area (Å²) in [5, 5.41) is 50.2. The summed E-state index contributed by atoms with van der Waals surface area (Å²) in [5.74, 6) is -3.07. The van der Waals surface area contributed by atoms with Crippen LogP contribution in [0.15, 0.2) is 47.6 Å². The van der Waals surface area contributed by atoms with Gasteiger partial charge in [-0.05, 0) is 44.0 Å². The van der Waals surface area contributed by atoms with Crippen molar-refractivity contribution in [2.24, 2.45) is 10.8 Å². The average Bonchev–Trinajstić information content (AvgIpc) is 3.09. The van der Waals surface area contributed by atoms with Crippen LogP contribution >= 0.6 is 0 Å². The Morgan fingerprint density at radius 2 is 1.78 bits per heavy atom. The number of phenols is 2. The zero-order valence-electron chi connectivity index (χ0n) is 27.5. The lowest BCUT2D eigenvalue weighted by atomic mass is 9.71. The Kier molecular flexibility index (Phi) is 9.07. The van der Waals surface area contributed by atoms with Crippen molar-refractivity contribution in [3.63, 3.8) is 0 Å². The van der Waals surface area contributed by atoms with Crippen LogP contribution in [0.5, 0.6) is 17.2 Å². The standard InChI is InChI=1S/C36H39N3O10/c1-5-18-9-11-19(12-10-18)35(45)39-38-17(3)36(46)14-21-27(24(15-36)49-25-13-22(37)30(40)16(2)48-25)34(44)29-28(32(21)42)31(41)20-7-6-8-23(47-4)26(20)33(29)43/h6-12,16,22,24-25,30,40,42,44,46H,5,13-15,37H2,1-4H3,(H,39,45)/b38-17+/t16-,22-,24+,25-,30+,36-/m0/s1. The van der Waals surface area contributed by atoms with E-state index in [0.717, 1.165) is 12.0 Å². The number of methoxy groups -OCH3 is 1. The number of fused-ring (bicyclic) bond motifs is 3. The van der Waals surface area contributed by atoms with E-state index in [1.807, 2.05) is 19.1 Å². The van der Waals surface area contributed by atoms with Crippen molar-refractivity contribution < 1.29 is 49.0 Å². The zero-order valence-corrected chi connectivity index (χ0v) is 27.5. The van der Waals surface area contributed by atoms with Crippen LogP contribution in [0.2, 0.25) is 0 Å². The van der Waals surface area contributed by atoms with E-state index in [0.29, 0.717) is 5.56 Å². The average molecular weight is 674 g/mol. The molecule has 0 bridgehead atoms. The Bertz CT molecular complexity index is 1860. The third-order valence-corrected chi connectivity index (χ3v) is 9.77. The van der Waals surface area contributed by atoms with Crippen LogP contribution in [-0.4, -0.2) is 80.9 Å². The maximum Gasteiger partial charge on any atom is 0.271 e. The van der Waals surface area contributed by atoms with Crippen molar-refractivity contribution in [3.05, 3.63) is 87.0 Å². The smallest absolute Gasteiger partial charge is 0.271 e. The molecule has 1 saturated heterocycles. The van der Waals surface area contributed by atoms with Gasteiger partial charge in [-0.2, -0.15) is 5.10 Å². The van der Waals surface area contributed by atoms with E-state index in [1.54, 1.807) is 19.1 Å². The number of hydrogen-bond donors (Lipinski definition) is 6. The summed E-state index contributed by atoms with van der Waals surface area (Å²) in [7, 11) is 1.35. The van der Waals surface area contributed by atoms with Crippen LogP contribution in [0.3, 0.4) is 0 Å². The van der Waals surface area contributed by atoms with Gasteiger partial charge in [-0.15, -0.1) is 0 Å². The molecule has 1 amide bonds. The zero-order chi connectivity index (χ0) is 35.4. The first-order valence-electron chi connectivity index (χ1n) is 16.1. The Hall–Kier alpha value is -4.66. The van der Waals surface area contributed by atoms with Crippen LogP contribution in [0, 0.1) is 0 Å². The lowest BCUT2D eigenvalue weighted by molar-refractivity contribution is -0.245. The second-order valence-electron chi connectivity index (χ2n) is 12.8. The minimum atomic E-state index is -1.89. The number of nitrogens with two attached hydrogens (primary N) is 1. The second-order valence-corrected chi connectivity index (χ2v) is 12.8.